The van der Waals surface area contributed by atoms with Crippen molar-refractivity contribution in [3.63, 3.8) is 0 Å². The SMILES string of the molecule is NC1(c2ccccc2-n2ccnn2)CC1. The first-order valence-electron chi connectivity index (χ1n) is 5.05. The van der Waals surface area contributed by atoms with Gasteiger partial charge in [0.05, 0.1) is 18.1 Å². The molecular formula is C11H12N4. The minimum Gasteiger partial charge on any atom is -0.321 e. The van der Waals surface area contributed by atoms with Gasteiger partial charge in [0.1, 0.15) is 0 Å². The number of hydrogen-bond donors (Lipinski definition) is 1. The lowest BCUT2D eigenvalue weighted by atomic mass is 10.0. The van der Waals surface area contributed by atoms with E-state index in [0.29, 0.717) is 0 Å². The lowest BCUT2D eigenvalue weighted by molar-refractivity contribution is 0.710. The lowest BCUT2D eigenvalue weighted by Gasteiger charge is -2.14. The van der Waals surface area contributed by atoms with E-state index in [1.54, 1.807) is 10.9 Å². The molecule has 1 saturated carbocycles. The van der Waals surface area contributed by atoms with E-state index >= 15 is 0 Å². The minimum absolute atomic E-state index is 0.136. The van der Waals surface area contributed by atoms with Gasteiger partial charge in [-0.2, -0.15) is 0 Å². The van der Waals surface area contributed by atoms with Crippen LogP contribution in [0.3, 0.4) is 0 Å². The maximum absolute atomic E-state index is 6.21. The van der Waals surface area contributed by atoms with Crippen LogP contribution in [-0.2, 0) is 5.54 Å². The van der Waals surface area contributed by atoms with Crippen molar-refractivity contribution in [1.82, 2.24) is 15.0 Å². The second-order valence-electron chi connectivity index (χ2n) is 4.02. The molecule has 0 aliphatic heterocycles. The maximum Gasteiger partial charge on any atom is 0.0714 e. The molecule has 1 aliphatic carbocycles. The Hall–Kier alpha value is -1.68. The molecule has 0 spiro atoms. The number of benzene rings is 1. The zero-order chi connectivity index (χ0) is 10.3. The van der Waals surface area contributed by atoms with Crippen molar-refractivity contribution >= 4 is 0 Å². The second-order valence-corrected chi connectivity index (χ2v) is 4.02. The number of para-hydroxylation sites is 1. The highest BCUT2D eigenvalue weighted by Crippen LogP contribution is 2.44. The highest BCUT2D eigenvalue weighted by molar-refractivity contribution is 5.46. The van der Waals surface area contributed by atoms with Crippen LogP contribution in [0.1, 0.15) is 18.4 Å². The van der Waals surface area contributed by atoms with Crippen molar-refractivity contribution in [1.29, 1.82) is 0 Å². The van der Waals surface area contributed by atoms with Crippen molar-refractivity contribution in [2.45, 2.75) is 18.4 Å². The average Bonchev–Trinajstić information content (AvgIpc) is 2.84. The average molecular weight is 200 g/mol. The van der Waals surface area contributed by atoms with Crippen LogP contribution in [0.15, 0.2) is 36.7 Å². The molecule has 4 heteroatoms. The molecule has 76 valence electrons. The van der Waals surface area contributed by atoms with Crippen LogP contribution in [0.25, 0.3) is 5.69 Å². The largest absolute Gasteiger partial charge is 0.321 e. The monoisotopic (exact) mass is 200 g/mol. The summed E-state index contributed by atoms with van der Waals surface area (Å²) >= 11 is 0. The summed E-state index contributed by atoms with van der Waals surface area (Å²) in [4.78, 5) is 0. The van der Waals surface area contributed by atoms with Crippen LogP contribution in [0.2, 0.25) is 0 Å². The first-order valence-corrected chi connectivity index (χ1v) is 5.05. The fourth-order valence-corrected chi connectivity index (χ4v) is 1.84. The topological polar surface area (TPSA) is 56.7 Å². The summed E-state index contributed by atoms with van der Waals surface area (Å²) in [6.07, 6.45) is 5.62. The zero-order valence-electron chi connectivity index (χ0n) is 8.30. The van der Waals surface area contributed by atoms with Gasteiger partial charge in [-0.05, 0) is 24.5 Å². The number of aromatic nitrogens is 3. The Labute approximate surface area is 87.7 Å². The van der Waals surface area contributed by atoms with Crippen molar-refractivity contribution in [3.8, 4) is 5.69 Å². The summed E-state index contributed by atoms with van der Waals surface area (Å²) < 4.78 is 1.77. The molecule has 3 rings (SSSR count). The molecule has 1 fully saturated rings. The molecule has 0 atom stereocenters. The molecule has 1 aliphatic rings. The molecular weight excluding hydrogens is 188 g/mol. The first kappa shape index (κ1) is 8.61. The molecule has 1 heterocycles. The normalized spacial score (nSPS) is 17.7. The smallest absolute Gasteiger partial charge is 0.0714 e. The second kappa shape index (κ2) is 2.90. The molecule has 0 bridgehead atoms. The van der Waals surface area contributed by atoms with Gasteiger partial charge in [0, 0.05) is 5.54 Å². The van der Waals surface area contributed by atoms with E-state index in [9.17, 15) is 0 Å². The quantitative estimate of drug-likeness (QED) is 0.792. The van der Waals surface area contributed by atoms with Crippen molar-refractivity contribution in [2.24, 2.45) is 5.73 Å². The Morgan fingerprint density at radius 3 is 2.73 bits per heavy atom. The van der Waals surface area contributed by atoms with Crippen molar-refractivity contribution in [2.75, 3.05) is 0 Å². The highest BCUT2D eigenvalue weighted by Gasteiger charge is 2.41. The molecule has 0 radical (unpaired) electrons. The van der Waals surface area contributed by atoms with E-state index in [-0.39, 0.29) is 5.54 Å². The van der Waals surface area contributed by atoms with Crippen LogP contribution in [0.5, 0.6) is 0 Å². The summed E-state index contributed by atoms with van der Waals surface area (Å²) in [6, 6.07) is 8.11. The van der Waals surface area contributed by atoms with E-state index < -0.39 is 0 Å². The van der Waals surface area contributed by atoms with Gasteiger partial charge in [-0.15, -0.1) is 5.10 Å². The third-order valence-corrected chi connectivity index (χ3v) is 2.90. The third-order valence-electron chi connectivity index (χ3n) is 2.90. The van der Waals surface area contributed by atoms with Crippen LogP contribution in [-0.4, -0.2) is 15.0 Å². The Bertz CT molecular complexity index is 471. The van der Waals surface area contributed by atoms with Crippen LogP contribution in [0, 0.1) is 0 Å². The van der Waals surface area contributed by atoms with E-state index in [0.717, 1.165) is 24.1 Å². The number of nitrogens with two attached hydrogens (primary N) is 1. The fraction of sp³-hybridized carbons (Fsp3) is 0.273. The number of rotatable bonds is 2. The van der Waals surface area contributed by atoms with Gasteiger partial charge in [0.15, 0.2) is 0 Å². The van der Waals surface area contributed by atoms with Gasteiger partial charge in [0.2, 0.25) is 0 Å². The molecule has 2 N–H and O–H groups in total. The third kappa shape index (κ3) is 1.34. The van der Waals surface area contributed by atoms with E-state index in [1.165, 1.54) is 0 Å². The highest BCUT2D eigenvalue weighted by atomic mass is 15.4. The number of nitrogens with zero attached hydrogens (tertiary/aromatic N) is 3. The van der Waals surface area contributed by atoms with Gasteiger partial charge in [-0.3, -0.25) is 0 Å². The Morgan fingerprint density at radius 1 is 1.27 bits per heavy atom. The predicted octanol–water partition coefficient (Wildman–Crippen LogP) is 1.22. The zero-order valence-corrected chi connectivity index (χ0v) is 8.30. The Balaban J connectivity index is 2.15. The molecule has 0 amide bonds. The summed E-state index contributed by atoms with van der Waals surface area (Å²) in [5.74, 6) is 0. The number of hydrogen-bond acceptors (Lipinski definition) is 3. The van der Waals surface area contributed by atoms with Crippen molar-refractivity contribution < 1.29 is 0 Å². The molecule has 15 heavy (non-hydrogen) atoms. The summed E-state index contributed by atoms with van der Waals surface area (Å²) in [6.45, 7) is 0. The Kier molecular flexibility index (Phi) is 1.67. The van der Waals surface area contributed by atoms with Gasteiger partial charge in [-0.25, -0.2) is 4.68 Å². The van der Waals surface area contributed by atoms with Gasteiger partial charge in [-0.1, -0.05) is 23.4 Å². The van der Waals surface area contributed by atoms with Crippen LogP contribution >= 0.6 is 0 Å². The molecule has 1 aromatic heterocycles. The minimum atomic E-state index is -0.136. The van der Waals surface area contributed by atoms with Crippen LogP contribution in [0.4, 0.5) is 0 Å². The van der Waals surface area contributed by atoms with Crippen molar-refractivity contribution in [3.05, 3.63) is 42.2 Å². The summed E-state index contributed by atoms with van der Waals surface area (Å²) in [5.41, 5.74) is 8.28. The molecule has 0 unspecified atom stereocenters. The van der Waals surface area contributed by atoms with E-state index in [1.807, 2.05) is 24.4 Å². The summed E-state index contributed by atoms with van der Waals surface area (Å²) in [5, 5.41) is 7.81. The standard InChI is InChI=1S/C11H12N4/c12-11(5-6-11)9-3-1-2-4-10(9)15-8-7-13-14-15/h1-4,7-8H,5-6,12H2. The molecule has 4 nitrogen and oxygen atoms in total. The van der Waals surface area contributed by atoms with E-state index in [4.69, 9.17) is 5.73 Å². The molecule has 0 saturated heterocycles. The molecule has 2 aromatic rings. The maximum atomic E-state index is 6.21. The van der Waals surface area contributed by atoms with Crippen LogP contribution < -0.4 is 5.73 Å². The molecule has 1 aromatic carbocycles. The first-order chi connectivity index (χ1) is 7.30. The van der Waals surface area contributed by atoms with Gasteiger partial charge in [0.25, 0.3) is 0 Å². The van der Waals surface area contributed by atoms with Gasteiger partial charge < -0.3 is 5.73 Å². The lowest BCUT2D eigenvalue weighted by Crippen LogP contribution is -2.21. The predicted molar refractivity (Wildman–Crippen MR) is 56.5 cm³/mol. The fourth-order valence-electron chi connectivity index (χ4n) is 1.84. The summed E-state index contributed by atoms with van der Waals surface area (Å²) in [7, 11) is 0. The Morgan fingerprint density at radius 2 is 2.07 bits per heavy atom. The van der Waals surface area contributed by atoms with E-state index in [2.05, 4.69) is 16.4 Å². The van der Waals surface area contributed by atoms with Gasteiger partial charge >= 0.3 is 0 Å².